The molecular weight excluding hydrogens is 266 g/mol. The number of ether oxygens (including phenoxy) is 1. The number of carbonyl (C=O) groups excluding carboxylic acids is 1. The fourth-order valence-corrected chi connectivity index (χ4v) is 1.88. The van der Waals surface area contributed by atoms with Gasteiger partial charge in [0.2, 0.25) is 11.7 Å². The lowest BCUT2D eigenvalue weighted by Crippen LogP contribution is -2.05. The standard InChI is InChI=1S/C14H14ClNO3/c1-3-11-12(14(17)18-4-2)19-13(16-11)9-6-5-7-10(15)8-9/h5-8H,3-4H2,1-2H3. The van der Waals surface area contributed by atoms with Crippen LogP contribution in [0.5, 0.6) is 0 Å². The topological polar surface area (TPSA) is 52.3 Å². The summed E-state index contributed by atoms with van der Waals surface area (Å²) in [4.78, 5) is 16.1. The monoisotopic (exact) mass is 279 g/mol. The van der Waals surface area contributed by atoms with Crippen LogP contribution >= 0.6 is 11.6 Å². The number of hydrogen-bond acceptors (Lipinski definition) is 4. The molecule has 0 amide bonds. The molecule has 1 aromatic heterocycles. The maximum atomic E-state index is 11.8. The Balaban J connectivity index is 2.41. The van der Waals surface area contributed by atoms with E-state index in [9.17, 15) is 4.79 Å². The molecular formula is C14H14ClNO3. The van der Waals surface area contributed by atoms with Crippen LogP contribution in [0.1, 0.15) is 30.1 Å². The largest absolute Gasteiger partial charge is 0.460 e. The van der Waals surface area contributed by atoms with Gasteiger partial charge in [0.05, 0.1) is 12.3 Å². The van der Waals surface area contributed by atoms with E-state index in [1.165, 1.54) is 0 Å². The molecule has 2 rings (SSSR count). The number of carbonyl (C=O) groups is 1. The Bertz CT molecular complexity index is 592. The van der Waals surface area contributed by atoms with E-state index in [1.54, 1.807) is 25.1 Å². The first kappa shape index (κ1) is 13.6. The maximum Gasteiger partial charge on any atom is 0.376 e. The zero-order valence-corrected chi connectivity index (χ0v) is 11.5. The second kappa shape index (κ2) is 5.89. The smallest absolute Gasteiger partial charge is 0.376 e. The van der Waals surface area contributed by atoms with Crippen molar-refractivity contribution >= 4 is 17.6 Å². The normalized spacial score (nSPS) is 10.5. The molecule has 0 atom stereocenters. The van der Waals surface area contributed by atoms with Crippen molar-refractivity contribution in [2.75, 3.05) is 6.61 Å². The van der Waals surface area contributed by atoms with Crippen LogP contribution < -0.4 is 0 Å². The van der Waals surface area contributed by atoms with E-state index >= 15 is 0 Å². The maximum absolute atomic E-state index is 11.8. The van der Waals surface area contributed by atoms with Gasteiger partial charge >= 0.3 is 5.97 Å². The highest BCUT2D eigenvalue weighted by atomic mass is 35.5. The first-order valence-electron chi connectivity index (χ1n) is 6.08. The van der Waals surface area contributed by atoms with Crippen LogP contribution in [0.4, 0.5) is 0 Å². The molecule has 0 spiro atoms. The third-order valence-corrected chi connectivity index (χ3v) is 2.80. The molecule has 100 valence electrons. The third-order valence-electron chi connectivity index (χ3n) is 2.56. The van der Waals surface area contributed by atoms with Crippen LogP contribution in [0, 0.1) is 0 Å². The van der Waals surface area contributed by atoms with Crippen molar-refractivity contribution in [1.82, 2.24) is 4.98 Å². The first-order chi connectivity index (χ1) is 9.15. The number of halogens is 1. The average molecular weight is 280 g/mol. The quantitative estimate of drug-likeness (QED) is 0.800. The van der Waals surface area contributed by atoms with Crippen molar-refractivity contribution in [3.63, 3.8) is 0 Å². The fraction of sp³-hybridized carbons (Fsp3) is 0.286. The SMILES string of the molecule is CCOC(=O)c1oc(-c2cccc(Cl)c2)nc1CC. The van der Waals surface area contributed by atoms with Crippen LogP contribution in [0.3, 0.4) is 0 Å². The summed E-state index contributed by atoms with van der Waals surface area (Å²) in [7, 11) is 0. The van der Waals surface area contributed by atoms with Gasteiger partial charge in [-0.15, -0.1) is 0 Å². The molecule has 0 saturated carbocycles. The van der Waals surface area contributed by atoms with Crippen molar-refractivity contribution in [3.8, 4) is 11.5 Å². The summed E-state index contributed by atoms with van der Waals surface area (Å²) < 4.78 is 10.5. The van der Waals surface area contributed by atoms with Crippen LogP contribution in [0.15, 0.2) is 28.7 Å². The molecule has 0 aliphatic rings. The molecule has 0 aliphatic heterocycles. The molecule has 0 saturated heterocycles. The van der Waals surface area contributed by atoms with Crippen molar-refractivity contribution in [3.05, 3.63) is 40.7 Å². The van der Waals surface area contributed by atoms with Crippen molar-refractivity contribution in [2.24, 2.45) is 0 Å². The third kappa shape index (κ3) is 2.96. The molecule has 0 unspecified atom stereocenters. The van der Waals surface area contributed by atoms with Gasteiger partial charge in [0.1, 0.15) is 0 Å². The second-order valence-electron chi connectivity index (χ2n) is 3.88. The van der Waals surface area contributed by atoms with Gasteiger partial charge in [-0.2, -0.15) is 0 Å². The lowest BCUT2D eigenvalue weighted by atomic mass is 10.2. The van der Waals surface area contributed by atoms with Gasteiger partial charge < -0.3 is 9.15 Å². The van der Waals surface area contributed by atoms with Gasteiger partial charge in [-0.1, -0.05) is 24.6 Å². The van der Waals surface area contributed by atoms with Gasteiger partial charge in [0.15, 0.2) is 0 Å². The highest BCUT2D eigenvalue weighted by Crippen LogP contribution is 2.25. The van der Waals surface area contributed by atoms with Crippen LogP contribution in [0.2, 0.25) is 5.02 Å². The summed E-state index contributed by atoms with van der Waals surface area (Å²) in [6, 6.07) is 7.13. The molecule has 0 aliphatic carbocycles. The molecule has 0 bridgehead atoms. The number of esters is 1. The van der Waals surface area contributed by atoms with E-state index in [4.69, 9.17) is 20.8 Å². The Morgan fingerprint density at radius 1 is 1.42 bits per heavy atom. The van der Waals surface area contributed by atoms with Gasteiger partial charge in [-0.25, -0.2) is 9.78 Å². The number of nitrogens with zero attached hydrogens (tertiary/aromatic N) is 1. The predicted octanol–water partition coefficient (Wildman–Crippen LogP) is 3.73. The van der Waals surface area contributed by atoms with Crippen molar-refractivity contribution < 1.29 is 13.9 Å². The van der Waals surface area contributed by atoms with Crippen LogP contribution in [0.25, 0.3) is 11.5 Å². The highest BCUT2D eigenvalue weighted by Gasteiger charge is 2.20. The van der Waals surface area contributed by atoms with E-state index in [-0.39, 0.29) is 5.76 Å². The Labute approximate surface area is 116 Å². The molecule has 2 aromatic rings. The summed E-state index contributed by atoms with van der Waals surface area (Å²) >= 11 is 5.93. The van der Waals surface area contributed by atoms with E-state index < -0.39 is 5.97 Å². The minimum atomic E-state index is -0.486. The first-order valence-corrected chi connectivity index (χ1v) is 6.46. The number of aromatic nitrogens is 1. The van der Waals surface area contributed by atoms with E-state index in [2.05, 4.69) is 4.98 Å². The molecule has 1 aromatic carbocycles. The minimum absolute atomic E-state index is 0.166. The molecule has 0 N–H and O–H groups in total. The summed E-state index contributed by atoms with van der Waals surface area (Å²) in [5.74, 6) is 0.0573. The van der Waals surface area contributed by atoms with E-state index in [0.29, 0.717) is 29.6 Å². The molecule has 0 fully saturated rings. The summed E-state index contributed by atoms with van der Waals surface area (Å²) in [6.45, 7) is 3.95. The fourth-order valence-electron chi connectivity index (χ4n) is 1.69. The second-order valence-corrected chi connectivity index (χ2v) is 4.32. The van der Waals surface area contributed by atoms with Crippen molar-refractivity contribution in [1.29, 1.82) is 0 Å². The number of benzene rings is 1. The lowest BCUT2D eigenvalue weighted by Gasteiger charge is -1.98. The molecule has 4 nitrogen and oxygen atoms in total. The molecule has 5 heteroatoms. The number of hydrogen-bond donors (Lipinski definition) is 0. The van der Waals surface area contributed by atoms with Gasteiger partial charge in [-0.05, 0) is 31.5 Å². The zero-order valence-electron chi connectivity index (χ0n) is 10.8. The van der Waals surface area contributed by atoms with E-state index in [1.807, 2.05) is 13.0 Å². The van der Waals surface area contributed by atoms with Gasteiger partial charge in [0, 0.05) is 10.6 Å². The van der Waals surface area contributed by atoms with Crippen molar-refractivity contribution in [2.45, 2.75) is 20.3 Å². The summed E-state index contributed by atoms with van der Waals surface area (Å²) in [5, 5.41) is 0.589. The summed E-state index contributed by atoms with van der Waals surface area (Å²) in [6.07, 6.45) is 0.595. The summed E-state index contributed by atoms with van der Waals surface area (Å²) in [5.41, 5.74) is 1.33. The van der Waals surface area contributed by atoms with Gasteiger partial charge in [-0.3, -0.25) is 0 Å². The Hall–Kier alpha value is -1.81. The molecule has 19 heavy (non-hydrogen) atoms. The molecule has 0 radical (unpaired) electrons. The minimum Gasteiger partial charge on any atom is -0.460 e. The number of aryl methyl sites for hydroxylation is 1. The predicted molar refractivity (Wildman–Crippen MR) is 72.3 cm³/mol. The zero-order chi connectivity index (χ0) is 13.8. The Kier molecular flexibility index (Phi) is 4.22. The number of oxazole rings is 1. The van der Waals surface area contributed by atoms with E-state index in [0.717, 1.165) is 5.56 Å². The highest BCUT2D eigenvalue weighted by molar-refractivity contribution is 6.30. The lowest BCUT2D eigenvalue weighted by molar-refractivity contribution is 0.0489. The Morgan fingerprint density at radius 3 is 2.84 bits per heavy atom. The van der Waals surface area contributed by atoms with Crippen LogP contribution in [-0.4, -0.2) is 17.6 Å². The average Bonchev–Trinajstić information content (AvgIpc) is 2.83. The molecule has 1 heterocycles. The Morgan fingerprint density at radius 2 is 2.21 bits per heavy atom. The number of rotatable bonds is 4. The van der Waals surface area contributed by atoms with Crippen LogP contribution in [-0.2, 0) is 11.2 Å². The van der Waals surface area contributed by atoms with Gasteiger partial charge in [0.25, 0.3) is 0 Å².